The Kier molecular flexibility index (Phi) is 2.67. The fraction of sp³-hybridized carbons (Fsp3) is 0.533. The highest BCUT2D eigenvalue weighted by Crippen LogP contribution is 2.48. The quantitative estimate of drug-likeness (QED) is 0.891. The van der Waals surface area contributed by atoms with Gasteiger partial charge in [0.2, 0.25) is 0 Å². The molecule has 1 aliphatic carbocycles. The summed E-state index contributed by atoms with van der Waals surface area (Å²) in [7, 11) is 0. The largest absolute Gasteiger partial charge is 0.481 e. The van der Waals surface area contributed by atoms with Crippen LogP contribution in [0.15, 0.2) is 24.3 Å². The predicted octanol–water partition coefficient (Wildman–Crippen LogP) is 2.60. The lowest BCUT2D eigenvalue weighted by Gasteiger charge is -2.37. The van der Waals surface area contributed by atoms with E-state index < -0.39 is 11.4 Å². The van der Waals surface area contributed by atoms with Crippen molar-refractivity contribution in [3.05, 3.63) is 35.4 Å². The first kappa shape index (κ1) is 11.7. The van der Waals surface area contributed by atoms with Crippen LogP contribution in [-0.4, -0.2) is 23.8 Å². The van der Waals surface area contributed by atoms with E-state index >= 15 is 0 Å². The summed E-state index contributed by atoms with van der Waals surface area (Å²) < 4.78 is 5.51. The highest BCUT2D eigenvalue weighted by molar-refractivity contribution is 5.76. The maximum absolute atomic E-state index is 11.6. The van der Waals surface area contributed by atoms with Crippen molar-refractivity contribution in [2.45, 2.75) is 38.2 Å². The molecule has 1 aromatic carbocycles. The minimum atomic E-state index is -0.697. The first-order valence-corrected chi connectivity index (χ1v) is 6.56. The SMILES string of the molecule is CC1OCCC1(CC1Cc2ccccc21)C(=O)O. The molecule has 0 saturated carbocycles. The fourth-order valence-corrected chi connectivity index (χ4v) is 3.40. The molecule has 3 heteroatoms. The molecule has 3 nitrogen and oxygen atoms in total. The normalized spacial score (nSPS) is 33.8. The van der Waals surface area contributed by atoms with E-state index in [0.717, 1.165) is 6.42 Å². The lowest BCUT2D eigenvalue weighted by Crippen LogP contribution is -2.40. The molecule has 0 spiro atoms. The summed E-state index contributed by atoms with van der Waals surface area (Å²) in [6.45, 7) is 2.47. The van der Waals surface area contributed by atoms with E-state index in [1.54, 1.807) is 0 Å². The van der Waals surface area contributed by atoms with E-state index in [2.05, 4.69) is 12.1 Å². The first-order chi connectivity index (χ1) is 8.63. The lowest BCUT2D eigenvalue weighted by molar-refractivity contribution is -0.153. The Labute approximate surface area is 107 Å². The standard InChI is InChI=1S/C15H18O3/c1-10-15(14(16)17,6-7-18-10)9-12-8-11-4-2-3-5-13(11)12/h2-5,10,12H,6-9H2,1H3,(H,16,17). The van der Waals surface area contributed by atoms with E-state index in [1.165, 1.54) is 11.1 Å². The maximum Gasteiger partial charge on any atom is 0.312 e. The van der Waals surface area contributed by atoms with Crippen LogP contribution in [0.2, 0.25) is 0 Å². The van der Waals surface area contributed by atoms with Crippen LogP contribution in [0, 0.1) is 5.41 Å². The second kappa shape index (κ2) is 4.09. The molecule has 1 N–H and O–H groups in total. The van der Waals surface area contributed by atoms with Gasteiger partial charge in [-0.3, -0.25) is 4.79 Å². The third-order valence-corrected chi connectivity index (χ3v) is 4.69. The Balaban J connectivity index is 1.82. The van der Waals surface area contributed by atoms with Gasteiger partial charge in [0, 0.05) is 6.61 Å². The van der Waals surface area contributed by atoms with Gasteiger partial charge in [-0.25, -0.2) is 0 Å². The van der Waals surface area contributed by atoms with Gasteiger partial charge in [0.1, 0.15) is 0 Å². The highest BCUT2D eigenvalue weighted by atomic mass is 16.5. The third kappa shape index (κ3) is 1.57. The topological polar surface area (TPSA) is 46.5 Å². The number of carboxylic acid groups (broad SMARTS) is 1. The van der Waals surface area contributed by atoms with Crippen molar-refractivity contribution in [2.24, 2.45) is 5.41 Å². The monoisotopic (exact) mass is 246 g/mol. The van der Waals surface area contributed by atoms with Gasteiger partial charge in [-0.15, -0.1) is 0 Å². The van der Waals surface area contributed by atoms with E-state index in [0.29, 0.717) is 25.4 Å². The van der Waals surface area contributed by atoms with Crippen LogP contribution < -0.4 is 0 Å². The molecule has 2 aliphatic rings. The molecule has 0 radical (unpaired) electrons. The molecule has 0 amide bonds. The van der Waals surface area contributed by atoms with Crippen molar-refractivity contribution < 1.29 is 14.6 Å². The molecule has 1 heterocycles. The van der Waals surface area contributed by atoms with Crippen LogP contribution in [-0.2, 0) is 16.0 Å². The van der Waals surface area contributed by atoms with E-state index in [9.17, 15) is 9.90 Å². The zero-order valence-corrected chi connectivity index (χ0v) is 10.6. The van der Waals surface area contributed by atoms with Crippen molar-refractivity contribution in [1.29, 1.82) is 0 Å². The summed E-state index contributed by atoms with van der Waals surface area (Å²) in [5, 5.41) is 9.57. The second-order valence-corrected chi connectivity index (χ2v) is 5.53. The van der Waals surface area contributed by atoms with Gasteiger partial charge in [0.15, 0.2) is 0 Å². The van der Waals surface area contributed by atoms with Crippen LogP contribution in [0.1, 0.15) is 36.8 Å². The van der Waals surface area contributed by atoms with Crippen molar-refractivity contribution in [3.63, 3.8) is 0 Å². The molecular formula is C15H18O3. The lowest BCUT2D eigenvalue weighted by atomic mass is 9.66. The first-order valence-electron chi connectivity index (χ1n) is 6.56. The van der Waals surface area contributed by atoms with Gasteiger partial charge in [0.05, 0.1) is 11.5 Å². The average Bonchev–Trinajstić information content (AvgIpc) is 2.69. The molecule has 3 unspecified atom stereocenters. The Hall–Kier alpha value is -1.35. The number of carbonyl (C=O) groups is 1. The van der Waals surface area contributed by atoms with Gasteiger partial charge >= 0.3 is 5.97 Å². The Morgan fingerprint density at radius 1 is 1.50 bits per heavy atom. The zero-order valence-electron chi connectivity index (χ0n) is 10.6. The number of ether oxygens (including phenoxy) is 1. The second-order valence-electron chi connectivity index (χ2n) is 5.53. The molecule has 0 aromatic heterocycles. The number of benzene rings is 1. The van der Waals surface area contributed by atoms with Crippen LogP contribution in [0.5, 0.6) is 0 Å². The Bertz CT molecular complexity index is 482. The van der Waals surface area contributed by atoms with Crippen molar-refractivity contribution in [3.8, 4) is 0 Å². The zero-order chi connectivity index (χ0) is 12.8. The molecule has 3 atom stereocenters. The Morgan fingerprint density at radius 3 is 2.89 bits per heavy atom. The van der Waals surface area contributed by atoms with Gasteiger partial charge in [-0.2, -0.15) is 0 Å². The average molecular weight is 246 g/mol. The summed E-state index contributed by atoms with van der Waals surface area (Å²) >= 11 is 0. The number of rotatable bonds is 3. The Morgan fingerprint density at radius 2 is 2.28 bits per heavy atom. The minimum absolute atomic E-state index is 0.178. The van der Waals surface area contributed by atoms with Crippen LogP contribution in [0.3, 0.4) is 0 Å². The summed E-state index contributed by atoms with van der Waals surface area (Å²) in [6, 6.07) is 8.34. The third-order valence-electron chi connectivity index (χ3n) is 4.69. The summed E-state index contributed by atoms with van der Waals surface area (Å²) in [4.78, 5) is 11.6. The summed E-state index contributed by atoms with van der Waals surface area (Å²) in [5.41, 5.74) is 2.02. The molecule has 18 heavy (non-hydrogen) atoms. The van der Waals surface area contributed by atoms with E-state index in [-0.39, 0.29) is 6.10 Å². The van der Waals surface area contributed by atoms with Gasteiger partial charge in [-0.1, -0.05) is 24.3 Å². The van der Waals surface area contributed by atoms with E-state index in [4.69, 9.17) is 4.74 Å². The smallest absolute Gasteiger partial charge is 0.312 e. The summed E-state index contributed by atoms with van der Waals surface area (Å²) in [6.07, 6.45) is 2.18. The van der Waals surface area contributed by atoms with Crippen LogP contribution >= 0.6 is 0 Å². The van der Waals surface area contributed by atoms with Crippen molar-refractivity contribution in [1.82, 2.24) is 0 Å². The molecule has 1 aromatic rings. The molecular weight excluding hydrogens is 228 g/mol. The summed E-state index contributed by atoms with van der Waals surface area (Å²) in [5.74, 6) is -0.307. The predicted molar refractivity (Wildman–Crippen MR) is 67.6 cm³/mol. The maximum atomic E-state index is 11.6. The molecule has 1 fully saturated rings. The van der Waals surface area contributed by atoms with Crippen molar-refractivity contribution >= 4 is 5.97 Å². The highest BCUT2D eigenvalue weighted by Gasteiger charge is 2.50. The minimum Gasteiger partial charge on any atom is -0.481 e. The molecule has 96 valence electrons. The van der Waals surface area contributed by atoms with Crippen molar-refractivity contribution in [2.75, 3.05) is 6.61 Å². The fourth-order valence-electron chi connectivity index (χ4n) is 3.40. The van der Waals surface area contributed by atoms with Crippen LogP contribution in [0.4, 0.5) is 0 Å². The number of carboxylic acids is 1. The van der Waals surface area contributed by atoms with Crippen LogP contribution in [0.25, 0.3) is 0 Å². The van der Waals surface area contributed by atoms with Gasteiger partial charge in [-0.05, 0) is 43.2 Å². The van der Waals surface area contributed by atoms with Gasteiger partial charge < -0.3 is 9.84 Å². The number of hydrogen-bond donors (Lipinski definition) is 1. The number of hydrogen-bond acceptors (Lipinski definition) is 2. The van der Waals surface area contributed by atoms with E-state index in [1.807, 2.05) is 19.1 Å². The molecule has 1 saturated heterocycles. The molecule has 3 rings (SSSR count). The number of aliphatic carboxylic acids is 1. The molecule has 0 bridgehead atoms. The van der Waals surface area contributed by atoms with Gasteiger partial charge in [0.25, 0.3) is 0 Å². The molecule has 1 aliphatic heterocycles. The number of fused-ring (bicyclic) bond motifs is 1.